The van der Waals surface area contributed by atoms with E-state index in [0.717, 1.165) is 11.3 Å². The molecule has 0 unspecified atom stereocenters. The summed E-state index contributed by atoms with van der Waals surface area (Å²) in [4.78, 5) is 14.6. The molecule has 1 saturated carbocycles. The zero-order valence-electron chi connectivity index (χ0n) is 13.2. The van der Waals surface area contributed by atoms with Gasteiger partial charge in [0.15, 0.2) is 0 Å². The molecule has 2 atom stereocenters. The van der Waals surface area contributed by atoms with Crippen LogP contribution in [0.3, 0.4) is 0 Å². The largest absolute Gasteiger partial charge is 0.367 e. The quantitative estimate of drug-likeness (QED) is 0.948. The summed E-state index contributed by atoms with van der Waals surface area (Å²) in [5, 5.41) is 7.23. The highest BCUT2D eigenvalue weighted by molar-refractivity contribution is 5.92. The fraction of sp³-hybridized carbons (Fsp3) is 0.444. The number of carbonyl (C=O) groups is 1. The van der Waals surface area contributed by atoms with E-state index in [1.54, 1.807) is 0 Å². The second-order valence-corrected chi connectivity index (χ2v) is 6.54. The Hall–Kier alpha value is -2.14. The number of nitrogens with zero attached hydrogens (tertiary/aromatic N) is 2. The Kier molecular flexibility index (Phi) is 3.65. The molecule has 120 valence electrons. The van der Waals surface area contributed by atoms with E-state index < -0.39 is 0 Å². The standard InChI is InChI=1S/C18H21N3O2/c1-12-10-21(11-17(23-12)14-5-3-2-4-6-14)18(22)16-9-15(19-20-16)13-7-8-13/h2-6,9,12-13,17H,7-8,10-11H2,1H3,(H,19,20)/t12-,17+/m0/s1. The summed E-state index contributed by atoms with van der Waals surface area (Å²) in [5.74, 6) is 0.564. The van der Waals surface area contributed by atoms with Crippen molar-refractivity contribution in [2.45, 2.75) is 37.9 Å². The highest BCUT2D eigenvalue weighted by Gasteiger charge is 2.32. The molecule has 4 rings (SSSR count). The van der Waals surface area contributed by atoms with Gasteiger partial charge >= 0.3 is 0 Å². The molecule has 2 aliphatic rings. The fourth-order valence-electron chi connectivity index (χ4n) is 3.18. The molecule has 1 saturated heterocycles. The SMILES string of the molecule is C[C@H]1CN(C(=O)c2cc(C3CC3)[nH]n2)C[C@H](c2ccccc2)O1. The zero-order valence-corrected chi connectivity index (χ0v) is 13.2. The van der Waals surface area contributed by atoms with Crippen molar-refractivity contribution < 1.29 is 9.53 Å². The number of benzene rings is 1. The van der Waals surface area contributed by atoms with Crippen LogP contribution in [0.5, 0.6) is 0 Å². The maximum Gasteiger partial charge on any atom is 0.274 e. The van der Waals surface area contributed by atoms with Crippen LogP contribution in [0.25, 0.3) is 0 Å². The normalized spacial score (nSPS) is 24.7. The average Bonchev–Trinajstić information content (AvgIpc) is 3.32. The van der Waals surface area contributed by atoms with E-state index in [9.17, 15) is 4.79 Å². The highest BCUT2D eigenvalue weighted by Crippen LogP contribution is 2.39. The number of H-pyrrole nitrogens is 1. The van der Waals surface area contributed by atoms with Crippen molar-refractivity contribution in [1.29, 1.82) is 0 Å². The van der Waals surface area contributed by atoms with Gasteiger partial charge in [0.25, 0.3) is 5.91 Å². The van der Waals surface area contributed by atoms with Gasteiger partial charge < -0.3 is 9.64 Å². The molecule has 23 heavy (non-hydrogen) atoms. The Balaban J connectivity index is 1.51. The molecule has 1 aromatic carbocycles. The molecule has 1 aliphatic carbocycles. The minimum atomic E-state index is -0.0780. The number of nitrogens with one attached hydrogen (secondary N) is 1. The van der Waals surface area contributed by atoms with Gasteiger partial charge in [-0.05, 0) is 31.4 Å². The summed E-state index contributed by atoms with van der Waals surface area (Å²) in [7, 11) is 0. The minimum absolute atomic E-state index is 0.00997. The van der Waals surface area contributed by atoms with E-state index in [0.29, 0.717) is 24.7 Å². The molecular weight excluding hydrogens is 290 g/mol. The highest BCUT2D eigenvalue weighted by atomic mass is 16.5. The molecule has 1 amide bonds. The summed E-state index contributed by atoms with van der Waals surface area (Å²) < 4.78 is 6.02. The second kappa shape index (κ2) is 5.81. The maximum absolute atomic E-state index is 12.8. The maximum atomic E-state index is 12.8. The second-order valence-electron chi connectivity index (χ2n) is 6.54. The Bertz CT molecular complexity index is 693. The van der Waals surface area contributed by atoms with Crippen LogP contribution in [0.15, 0.2) is 36.4 Å². The van der Waals surface area contributed by atoms with Gasteiger partial charge in [0.1, 0.15) is 11.8 Å². The Labute approximate surface area is 135 Å². The molecule has 2 heterocycles. The number of aromatic nitrogens is 2. The van der Waals surface area contributed by atoms with E-state index in [-0.39, 0.29) is 18.1 Å². The predicted molar refractivity (Wildman–Crippen MR) is 86.2 cm³/mol. The lowest BCUT2D eigenvalue weighted by molar-refractivity contribution is -0.0692. The summed E-state index contributed by atoms with van der Waals surface area (Å²) in [6.07, 6.45) is 2.33. The molecule has 5 heteroatoms. The molecular formula is C18H21N3O2. The van der Waals surface area contributed by atoms with Crippen LogP contribution in [0.4, 0.5) is 0 Å². The van der Waals surface area contributed by atoms with E-state index in [4.69, 9.17) is 4.74 Å². The topological polar surface area (TPSA) is 58.2 Å². The number of morpholine rings is 1. The first-order valence-corrected chi connectivity index (χ1v) is 8.25. The first-order valence-electron chi connectivity index (χ1n) is 8.25. The Morgan fingerprint density at radius 2 is 2.04 bits per heavy atom. The minimum Gasteiger partial charge on any atom is -0.367 e. The van der Waals surface area contributed by atoms with Gasteiger partial charge in [0.05, 0.1) is 12.6 Å². The van der Waals surface area contributed by atoms with E-state index in [1.165, 1.54) is 12.8 Å². The van der Waals surface area contributed by atoms with Crippen LogP contribution in [-0.4, -0.2) is 40.2 Å². The zero-order chi connectivity index (χ0) is 15.8. The van der Waals surface area contributed by atoms with Gasteiger partial charge in [-0.15, -0.1) is 0 Å². The monoisotopic (exact) mass is 311 g/mol. The van der Waals surface area contributed by atoms with Crippen molar-refractivity contribution >= 4 is 5.91 Å². The number of aromatic amines is 1. The molecule has 1 N–H and O–H groups in total. The smallest absolute Gasteiger partial charge is 0.274 e. The number of rotatable bonds is 3. The van der Waals surface area contributed by atoms with Gasteiger partial charge in [0.2, 0.25) is 0 Å². The molecule has 2 aromatic rings. The number of hydrogen-bond donors (Lipinski definition) is 1. The Morgan fingerprint density at radius 3 is 2.78 bits per heavy atom. The average molecular weight is 311 g/mol. The molecule has 1 aliphatic heterocycles. The van der Waals surface area contributed by atoms with Gasteiger partial charge in [-0.2, -0.15) is 5.10 Å². The lowest BCUT2D eigenvalue weighted by Crippen LogP contribution is -2.46. The molecule has 1 aromatic heterocycles. The lowest BCUT2D eigenvalue weighted by Gasteiger charge is -2.36. The van der Waals surface area contributed by atoms with Crippen molar-refractivity contribution in [1.82, 2.24) is 15.1 Å². The van der Waals surface area contributed by atoms with Gasteiger partial charge in [-0.25, -0.2) is 0 Å². The van der Waals surface area contributed by atoms with Crippen LogP contribution >= 0.6 is 0 Å². The first kappa shape index (κ1) is 14.5. The van der Waals surface area contributed by atoms with Crippen molar-refractivity contribution in [2.24, 2.45) is 0 Å². The summed E-state index contributed by atoms with van der Waals surface area (Å²) in [6, 6.07) is 12.0. The van der Waals surface area contributed by atoms with Crippen molar-refractivity contribution in [3.8, 4) is 0 Å². The van der Waals surface area contributed by atoms with Crippen LogP contribution in [-0.2, 0) is 4.74 Å². The van der Waals surface area contributed by atoms with E-state index in [2.05, 4.69) is 10.2 Å². The number of amides is 1. The number of hydrogen-bond acceptors (Lipinski definition) is 3. The lowest BCUT2D eigenvalue weighted by atomic mass is 10.1. The Morgan fingerprint density at radius 1 is 1.26 bits per heavy atom. The molecule has 5 nitrogen and oxygen atoms in total. The first-order chi connectivity index (χ1) is 11.2. The van der Waals surface area contributed by atoms with Gasteiger partial charge in [-0.1, -0.05) is 30.3 Å². The van der Waals surface area contributed by atoms with E-state index in [1.807, 2.05) is 48.2 Å². The van der Waals surface area contributed by atoms with Gasteiger partial charge in [0, 0.05) is 18.2 Å². The third-order valence-corrected chi connectivity index (χ3v) is 4.55. The van der Waals surface area contributed by atoms with Gasteiger partial charge in [-0.3, -0.25) is 9.89 Å². The van der Waals surface area contributed by atoms with Crippen molar-refractivity contribution in [2.75, 3.05) is 13.1 Å². The van der Waals surface area contributed by atoms with Crippen LogP contribution in [0.1, 0.15) is 53.5 Å². The van der Waals surface area contributed by atoms with Crippen LogP contribution < -0.4 is 0 Å². The summed E-state index contributed by atoms with van der Waals surface area (Å²) >= 11 is 0. The number of carbonyl (C=O) groups excluding carboxylic acids is 1. The molecule has 2 fully saturated rings. The van der Waals surface area contributed by atoms with Crippen LogP contribution in [0, 0.1) is 0 Å². The van der Waals surface area contributed by atoms with Crippen molar-refractivity contribution in [3.63, 3.8) is 0 Å². The van der Waals surface area contributed by atoms with Crippen molar-refractivity contribution in [3.05, 3.63) is 53.3 Å². The third kappa shape index (κ3) is 3.01. The summed E-state index contributed by atoms with van der Waals surface area (Å²) in [5.41, 5.74) is 2.72. The number of ether oxygens (including phenoxy) is 1. The fourth-order valence-corrected chi connectivity index (χ4v) is 3.18. The predicted octanol–water partition coefficient (Wildman–Crippen LogP) is 2.89. The van der Waals surface area contributed by atoms with Crippen LogP contribution in [0.2, 0.25) is 0 Å². The summed E-state index contributed by atoms with van der Waals surface area (Å²) in [6.45, 7) is 3.18. The molecule has 0 radical (unpaired) electrons. The molecule has 0 bridgehead atoms. The molecule has 0 spiro atoms. The van der Waals surface area contributed by atoms with E-state index >= 15 is 0 Å². The third-order valence-electron chi connectivity index (χ3n) is 4.55.